The number of hydrogen-bond acceptors (Lipinski definition) is 4. The van der Waals surface area contributed by atoms with Gasteiger partial charge < -0.3 is 4.42 Å². The van der Waals surface area contributed by atoms with E-state index < -0.39 is 0 Å². The van der Waals surface area contributed by atoms with Gasteiger partial charge in [0.05, 0.1) is 11.4 Å². The van der Waals surface area contributed by atoms with Crippen LogP contribution in [0.4, 0.5) is 0 Å². The summed E-state index contributed by atoms with van der Waals surface area (Å²) < 4.78 is 6.29. The third-order valence-corrected chi connectivity index (χ3v) is 10.6. The van der Waals surface area contributed by atoms with Crippen LogP contribution in [0.15, 0.2) is 168 Å². The largest absolute Gasteiger partial charge is 0.456 e. The van der Waals surface area contributed by atoms with Crippen molar-refractivity contribution in [2.75, 3.05) is 0 Å². The van der Waals surface area contributed by atoms with Crippen LogP contribution in [0, 0.1) is 0 Å². The normalized spacial score (nSPS) is 13.0. The highest BCUT2D eigenvalue weighted by atomic mass is 16.3. The minimum Gasteiger partial charge on any atom is -0.456 e. The van der Waals surface area contributed by atoms with Crippen LogP contribution in [0.5, 0.6) is 0 Å². The summed E-state index contributed by atoms with van der Waals surface area (Å²) in [7, 11) is 0. The summed E-state index contributed by atoms with van der Waals surface area (Å²) in [6, 6.07) is 53.4. The van der Waals surface area contributed by atoms with Crippen LogP contribution in [0.3, 0.4) is 0 Å². The Hall–Kier alpha value is -6.65. The zero-order valence-corrected chi connectivity index (χ0v) is 28.8. The Kier molecular flexibility index (Phi) is 6.80. The molecule has 1 aliphatic carbocycles. The Balaban J connectivity index is 1.17. The number of rotatable bonds is 5. The Labute approximate surface area is 302 Å². The van der Waals surface area contributed by atoms with Crippen molar-refractivity contribution in [3.8, 4) is 67.3 Å². The summed E-state index contributed by atoms with van der Waals surface area (Å²) >= 11 is 0. The van der Waals surface area contributed by atoms with E-state index in [1.165, 1.54) is 22.3 Å². The van der Waals surface area contributed by atoms with Crippen LogP contribution in [0.1, 0.15) is 25.0 Å². The molecule has 4 heteroatoms. The van der Waals surface area contributed by atoms with E-state index in [1.54, 1.807) is 0 Å². The lowest BCUT2D eigenvalue weighted by atomic mass is 9.82. The van der Waals surface area contributed by atoms with E-state index in [0.29, 0.717) is 5.82 Å². The third-order valence-electron chi connectivity index (χ3n) is 10.6. The van der Waals surface area contributed by atoms with Gasteiger partial charge in [-0.1, -0.05) is 111 Å². The summed E-state index contributed by atoms with van der Waals surface area (Å²) in [4.78, 5) is 14.8. The van der Waals surface area contributed by atoms with Gasteiger partial charge in [-0.15, -0.1) is 0 Å². The van der Waals surface area contributed by atoms with Crippen molar-refractivity contribution in [2.24, 2.45) is 0 Å². The van der Waals surface area contributed by atoms with Gasteiger partial charge in [0.2, 0.25) is 0 Å². The monoisotopic (exact) mass is 667 g/mol. The van der Waals surface area contributed by atoms with Gasteiger partial charge in [-0.05, 0) is 93.5 Å². The molecular formula is C48H33N3O. The van der Waals surface area contributed by atoms with Crippen molar-refractivity contribution in [3.63, 3.8) is 0 Å². The zero-order valence-electron chi connectivity index (χ0n) is 28.8. The summed E-state index contributed by atoms with van der Waals surface area (Å²) in [6.07, 6.45) is 3.74. The Morgan fingerprint density at radius 2 is 1.12 bits per heavy atom. The summed E-state index contributed by atoms with van der Waals surface area (Å²) in [5.41, 5.74) is 16.0. The minimum absolute atomic E-state index is 0.0518. The van der Waals surface area contributed by atoms with Crippen LogP contribution in [0.25, 0.3) is 89.2 Å². The van der Waals surface area contributed by atoms with Crippen molar-refractivity contribution >= 4 is 21.9 Å². The lowest BCUT2D eigenvalue weighted by molar-refractivity contribution is 0.660. The highest BCUT2D eigenvalue weighted by Gasteiger charge is 2.35. The molecule has 3 heterocycles. The molecule has 246 valence electrons. The molecule has 52 heavy (non-hydrogen) atoms. The summed E-state index contributed by atoms with van der Waals surface area (Å²) in [5.74, 6) is 0.669. The van der Waals surface area contributed by atoms with Crippen molar-refractivity contribution < 1.29 is 4.42 Å². The number of benzene rings is 6. The fraction of sp³-hybridized carbons (Fsp3) is 0.0625. The first kappa shape index (κ1) is 30.2. The molecule has 0 amide bonds. The Bertz CT molecular complexity index is 2820. The number of hydrogen-bond donors (Lipinski definition) is 0. The van der Waals surface area contributed by atoms with Crippen molar-refractivity contribution in [1.29, 1.82) is 0 Å². The number of furan rings is 1. The SMILES string of the molecule is CC1(C)c2ccccc2-c2cc(-c3cc(-c4cccnc4)cc(-c4cc(-c5ccc6c(c5)oc5ccccc56)nc(-c5ccccc5)n4)c3)ccc21. The quantitative estimate of drug-likeness (QED) is 0.183. The van der Waals surface area contributed by atoms with Gasteiger partial charge >= 0.3 is 0 Å². The molecule has 10 rings (SSSR count). The van der Waals surface area contributed by atoms with Crippen molar-refractivity contribution in [1.82, 2.24) is 15.0 Å². The molecule has 0 unspecified atom stereocenters. The standard InChI is InChI=1S/C48H33N3O/c1-48(2)41-16-8-6-14-37(41)40-26-31(19-21-42(40)48)34-23-35(33-13-10-22-49-29-33)25-36(24-34)44-28-43(50-47(51-44)30-11-4-3-5-12-30)32-18-20-39-38-15-7-9-17-45(38)52-46(39)27-32/h3-29H,1-2H3. The zero-order chi connectivity index (χ0) is 34.8. The molecule has 0 radical (unpaired) electrons. The summed E-state index contributed by atoms with van der Waals surface area (Å²) in [5, 5.41) is 2.20. The van der Waals surface area contributed by atoms with E-state index in [2.05, 4.69) is 128 Å². The van der Waals surface area contributed by atoms with Crippen LogP contribution < -0.4 is 0 Å². The first-order valence-corrected chi connectivity index (χ1v) is 17.7. The predicted molar refractivity (Wildman–Crippen MR) is 212 cm³/mol. The van der Waals surface area contributed by atoms with E-state index in [0.717, 1.165) is 72.3 Å². The van der Waals surface area contributed by atoms with E-state index in [9.17, 15) is 0 Å². The Morgan fingerprint density at radius 1 is 0.442 bits per heavy atom. The van der Waals surface area contributed by atoms with Gasteiger partial charge in [-0.25, -0.2) is 9.97 Å². The van der Waals surface area contributed by atoms with Crippen LogP contribution in [0.2, 0.25) is 0 Å². The number of nitrogens with zero attached hydrogens (tertiary/aromatic N) is 3. The van der Waals surface area contributed by atoms with E-state index in [1.807, 2.05) is 54.9 Å². The smallest absolute Gasteiger partial charge is 0.160 e. The van der Waals surface area contributed by atoms with E-state index in [-0.39, 0.29) is 5.41 Å². The molecule has 3 aromatic heterocycles. The second-order valence-corrected chi connectivity index (χ2v) is 14.1. The molecule has 6 aromatic carbocycles. The Morgan fingerprint density at radius 3 is 1.96 bits per heavy atom. The molecule has 0 N–H and O–H groups in total. The van der Waals surface area contributed by atoms with Gasteiger partial charge in [0.1, 0.15) is 11.2 Å². The molecule has 0 saturated heterocycles. The fourth-order valence-corrected chi connectivity index (χ4v) is 7.89. The van der Waals surface area contributed by atoms with Gasteiger partial charge in [0.15, 0.2) is 5.82 Å². The molecule has 0 aliphatic heterocycles. The number of fused-ring (bicyclic) bond motifs is 6. The molecule has 9 aromatic rings. The molecule has 0 atom stereocenters. The van der Waals surface area contributed by atoms with Gasteiger partial charge in [0.25, 0.3) is 0 Å². The topological polar surface area (TPSA) is 51.8 Å². The maximum absolute atomic E-state index is 6.29. The molecule has 0 bridgehead atoms. The first-order valence-electron chi connectivity index (χ1n) is 17.7. The lowest BCUT2D eigenvalue weighted by Gasteiger charge is -2.21. The van der Waals surface area contributed by atoms with Gasteiger partial charge in [-0.2, -0.15) is 0 Å². The van der Waals surface area contributed by atoms with Gasteiger partial charge in [-0.3, -0.25) is 4.98 Å². The third kappa shape index (κ3) is 4.95. The van der Waals surface area contributed by atoms with Gasteiger partial charge in [0, 0.05) is 50.8 Å². The van der Waals surface area contributed by atoms with Crippen LogP contribution in [-0.2, 0) is 5.41 Å². The highest BCUT2D eigenvalue weighted by Crippen LogP contribution is 2.49. The minimum atomic E-state index is -0.0518. The molecule has 0 fully saturated rings. The first-order chi connectivity index (χ1) is 25.5. The number of aromatic nitrogens is 3. The van der Waals surface area contributed by atoms with Crippen LogP contribution >= 0.6 is 0 Å². The molecular weight excluding hydrogens is 635 g/mol. The molecule has 0 saturated carbocycles. The van der Waals surface area contributed by atoms with Crippen molar-refractivity contribution in [3.05, 3.63) is 175 Å². The highest BCUT2D eigenvalue weighted by molar-refractivity contribution is 6.05. The predicted octanol–water partition coefficient (Wildman–Crippen LogP) is 12.4. The second kappa shape index (κ2) is 11.7. The maximum Gasteiger partial charge on any atom is 0.160 e. The average molecular weight is 668 g/mol. The molecule has 4 nitrogen and oxygen atoms in total. The van der Waals surface area contributed by atoms with Crippen LogP contribution in [-0.4, -0.2) is 15.0 Å². The number of para-hydroxylation sites is 1. The van der Waals surface area contributed by atoms with Crippen molar-refractivity contribution in [2.45, 2.75) is 19.3 Å². The average Bonchev–Trinajstić information content (AvgIpc) is 3.69. The summed E-state index contributed by atoms with van der Waals surface area (Å²) in [6.45, 7) is 4.64. The molecule has 1 aliphatic rings. The lowest BCUT2D eigenvalue weighted by Crippen LogP contribution is -2.14. The number of pyridine rings is 1. The second-order valence-electron chi connectivity index (χ2n) is 14.1. The fourth-order valence-electron chi connectivity index (χ4n) is 7.89. The van der Waals surface area contributed by atoms with E-state index in [4.69, 9.17) is 14.4 Å². The molecule has 0 spiro atoms. The van der Waals surface area contributed by atoms with E-state index >= 15 is 0 Å². The maximum atomic E-state index is 6.29.